The molecule has 1 aliphatic heterocycles. The molecule has 9 heteroatoms. The highest BCUT2D eigenvalue weighted by Gasteiger charge is 2.54. The number of rotatable bonds is 7. The van der Waals surface area contributed by atoms with E-state index in [-0.39, 0.29) is 18.4 Å². The number of anilines is 2. The highest BCUT2D eigenvalue weighted by molar-refractivity contribution is 6.10. The molecule has 2 fully saturated rings. The summed E-state index contributed by atoms with van der Waals surface area (Å²) in [5.74, 6) is -0.402. The summed E-state index contributed by atoms with van der Waals surface area (Å²) in [5, 5.41) is 8.13. The second-order valence-corrected chi connectivity index (χ2v) is 7.79. The second kappa shape index (κ2) is 8.70. The molecule has 0 aromatic heterocycles. The molecule has 1 heterocycles. The summed E-state index contributed by atoms with van der Waals surface area (Å²) in [6.07, 6.45) is 2.09. The van der Waals surface area contributed by atoms with E-state index in [9.17, 15) is 19.2 Å². The minimum atomic E-state index is -0.810. The Labute approximate surface area is 185 Å². The molecule has 0 radical (unpaired) electrons. The van der Waals surface area contributed by atoms with Crippen LogP contribution >= 0.6 is 0 Å². The van der Waals surface area contributed by atoms with Crippen LogP contribution in [-0.4, -0.2) is 47.3 Å². The number of hydrogen-bond acceptors (Lipinski definition) is 5. The van der Waals surface area contributed by atoms with E-state index in [1.54, 1.807) is 48.5 Å². The fraction of sp³-hybridized carbons (Fsp3) is 0.304. The van der Waals surface area contributed by atoms with Gasteiger partial charge in [0.1, 0.15) is 17.8 Å². The number of amides is 5. The third kappa shape index (κ3) is 4.27. The monoisotopic (exact) mass is 436 g/mol. The van der Waals surface area contributed by atoms with Crippen molar-refractivity contribution in [2.75, 3.05) is 23.8 Å². The molecule has 4 rings (SSSR count). The Morgan fingerprint density at radius 3 is 2.19 bits per heavy atom. The molecule has 1 aliphatic carbocycles. The first-order chi connectivity index (χ1) is 15.4. The van der Waals surface area contributed by atoms with Gasteiger partial charge in [0.15, 0.2) is 0 Å². The minimum absolute atomic E-state index is 0.294. The fourth-order valence-electron chi connectivity index (χ4n) is 3.74. The summed E-state index contributed by atoms with van der Waals surface area (Å²) in [5.41, 5.74) is 0.694. The van der Waals surface area contributed by atoms with Crippen LogP contribution in [0.4, 0.5) is 16.2 Å². The lowest BCUT2D eigenvalue weighted by atomic mass is 9.77. The quantitative estimate of drug-likeness (QED) is 0.577. The van der Waals surface area contributed by atoms with E-state index in [4.69, 9.17) is 4.74 Å². The van der Waals surface area contributed by atoms with Crippen molar-refractivity contribution in [2.24, 2.45) is 0 Å². The zero-order valence-electron chi connectivity index (χ0n) is 17.6. The van der Waals surface area contributed by atoms with Gasteiger partial charge in [0, 0.05) is 16.9 Å². The first kappa shape index (κ1) is 21.4. The maximum Gasteiger partial charge on any atom is 0.325 e. The van der Waals surface area contributed by atoms with Crippen molar-refractivity contribution in [3.05, 3.63) is 54.1 Å². The molecule has 5 amide bonds. The molecule has 166 valence electrons. The van der Waals surface area contributed by atoms with Crippen molar-refractivity contribution in [1.82, 2.24) is 10.2 Å². The summed E-state index contributed by atoms with van der Waals surface area (Å²) in [6, 6.07) is 12.8. The predicted molar refractivity (Wildman–Crippen MR) is 117 cm³/mol. The molecule has 9 nitrogen and oxygen atoms in total. The van der Waals surface area contributed by atoms with Crippen LogP contribution in [-0.2, 0) is 9.59 Å². The largest absolute Gasteiger partial charge is 0.494 e. The number of ether oxygens (including phenoxy) is 1. The van der Waals surface area contributed by atoms with E-state index in [2.05, 4.69) is 16.0 Å². The summed E-state index contributed by atoms with van der Waals surface area (Å²) in [7, 11) is 0. The summed E-state index contributed by atoms with van der Waals surface area (Å²) >= 11 is 0. The molecule has 3 N–H and O–H groups in total. The number of imide groups is 1. The summed E-state index contributed by atoms with van der Waals surface area (Å²) in [4.78, 5) is 50.2. The van der Waals surface area contributed by atoms with Gasteiger partial charge in [-0.25, -0.2) is 4.79 Å². The standard InChI is InChI=1S/C23H24N4O5/c1-2-32-18-10-8-17(9-11-18)25-20(29)15-4-6-16(7-5-15)24-19(28)14-27-21(30)23(12-3-13-23)26-22(27)31/h4-11H,2-3,12-14H2,1H3,(H,24,28)(H,25,29)(H,26,31). The zero-order chi connectivity index (χ0) is 22.7. The van der Waals surface area contributed by atoms with Crippen LogP contribution in [0.5, 0.6) is 5.75 Å². The van der Waals surface area contributed by atoms with Crippen LogP contribution in [0.2, 0.25) is 0 Å². The lowest BCUT2D eigenvalue weighted by Crippen LogP contribution is -2.52. The SMILES string of the molecule is CCOc1ccc(NC(=O)c2ccc(NC(=O)CN3C(=O)NC4(CCC4)C3=O)cc2)cc1. The highest BCUT2D eigenvalue weighted by atomic mass is 16.5. The third-order valence-electron chi connectivity index (χ3n) is 5.61. The van der Waals surface area contributed by atoms with Gasteiger partial charge in [-0.1, -0.05) is 0 Å². The summed E-state index contributed by atoms with van der Waals surface area (Å²) < 4.78 is 5.38. The van der Waals surface area contributed by atoms with Crippen LogP contribution in [0.1, 0.15) is 36.5 Å². The van der Waals surface area contributed by atoms with Crippen molar-refractivity contribution in [1.29, 1.82) is 0 Å². The van der Waals surface area contributed by atoms with Crippen LogP contribution in [0, 0.1) is 0 Å². The Hall–Kier alpha value is -3.88. The molecule has 2 aromatic rings. The molecule has 2 aliphatic rings. The molecule has 1 saturated heterocycles. The number of nitrogens with zero attached hydrogens (tertiary/aromatic N) is 1. The van der Waals surface area contributed by atoms with Crippen molar-refractivity contribution >= 4 is 35.1 Å². The maximum atomic E-state index is 12.4. The Kier molecular flexibility index (Phi) is 5.81. The van der Waals surface area contributed by atoms with E-state index in [1.807, 2.05) is 6.92 Å². The van der Waals surface area contributed by atoms with Gasteiger partial charge in [0.05, 0.1) is 6.61 Å². The molecular formula is C23H24N4O5. The predicted octanol–water partition coefficient (Wildman–Crippen LogP) is 2.75. The number of nitrogens with one attached hydrogen (secondary N) is 3. The van der Waals surface area contributed by atoms with Crippen molar-refractivity contribution in [3.8, 4) is 5.75 Å². The average molecular weight is 436 g/mol. The highest BCUT2D eigenvalue weighted by Crippen LogP contribution is 2.37. The average Bonchev–Trinajstić information content (AvgIpc) is 3.01. The first-order valence-electron chi connectivity index (χ1n) is 10.5. The molecule has 1 saturated carbocycles. The maximum absolute atomic E-state index is 12.4. The molecule has 0 unspecified atom stereocenters. The number of urea groups is 1. The van der Waals surface area contributed by atoms with E-state index in [1.165, 1.54) is 0 Å². The Balaban J connectivity index is 1.31. The normalized spacial score (nSPS) is 16.3. The van der Waals surface area contributed by atoms with Crippen LogP contribution in [0.15, 0.2) is 48.5 Å². The molecule has 32 heavy (non-hydrogen) atoms. The second-order valence-electron chi connectivity index (χ2n) is 7.79. The van der Waals surface area contributed by atoms with E-state index in [0.29, 0.717) is 36.4 Å². The van der Waals surface area contributed by atoms with Gasteiger partial charge in [0.25, 0.3) is 11.8 Å². The lowest BCUT2D eigenvalue weighted by Gasteiger charge is -2.34. The topological polar surface area (TPSA) is 117 Å². The summed E-state index contributed by atoms with van der Waals surface area (Å²) in [6.45, 7) is 2.11. The molecular weight excluding hydrogens is 412 g/mol. The van der Waals surface area contributed by atoms with Crippen LogP contribution in [0.3, 0.4) is 0 Å². The minimum Gasteiger partial charge on any atom is -0.494 e. The van der Waals surface area contributed by atoms with Gasteiger partial charge in [-0.2, -0.15) is 0 Å². The Morgan fingerprint density at radius 1 is 1.00 bits per heavy atom. The molecule has 1 spiro atoms. The fourth-order valence-corrected chi connectivity index (χ4v) is 3.74. The van der Waals surface area contributed by atoms with Crippen LogP contribution < -0.4 is 20.7 Å². The van der Waals surface area contributed by atoms with E-state index >= 15 is 0 Å². The smallest absolute Gasteiger partial charge is 0.325 e. The first-order valence-corrected chi connectivity index (χ1v) is 10.5. The van der Waals surface area contributed by atoms with E-state index < -0.39 is 17.5 Å². The number of carbonyl (C=O) groups excluding carboxylic acids is 4. The van der Waals surface area contributed by atoms with Gasteiger partial charge < -0.3 is 20.7 Å². The molecule has 0 bridgehead atoms. The Morgan fingerprint density at radius 2 is 1.62 bits per heavy atom. The zero-order valence-corrected chi connectivity index (χ0v) is 17.6. The number of benzene rings is 2. The van der Waals surface area contributed by atoms with Gasteiger partial charge in [-0.15, -0.1) is 0 Å². The number of carbonyl (C=O) groups is 4. The van der Waals surface area contributed by atoms with Crippen molar-refractivity contribution in [2.45, 2.75) is 31.7 Å². The van der Waals surface area contributed by atoms with Gasteiger partial charge in [0.2, 0.25) is 5.91 Å². The van der Waals surface area contributed by atoms with Crippen molar-refractivity contribution < 1.29 is 23.9 Å². The van der Waals surface area contributed by atoms with Gasteiger partial charge >= 0.3 is 6.03 Å². The van der Waals surface area contributed by atoms with Gasteiger partial charge in [-0.3, -0.25) is 19.3 Å². The third-order valence-corrected chi connectivity index (χ3v) is 5.61. The van der Waals surface area contributed by atoms with E-state index in [0.717, 1.165) is 17.1 Å². The van der Waals surface area contributed by atoms with Gasteiger partial charge in [-0.05, 0) is 74.7 Å². The Bertz CT molecular complexity index is 1050. The number of hydrogen-bond donors (Lipinski definition) is 3. The van der Waals surface area contributed by atoms with Crippen molar-refractivity contribution in [3.63, 3.8) is 0 Å². The van der Waals surface area contributed by atoms with Crippen LogP contribution in [0.25, 0.3) is 0 Å². The molecule has 0 atom stereocenters. The molecule has 2 aromatic carbocycles. The lowest BCUT2D eigenvalue weighted by molar-refractivity contribution is -0.136.